The van der Waals surface area contributed by atoms with Gasteiger partial charge >= 0.3 is 93.8 Å². The number of benzene rings is 1. The van der Waals surface area contributed by atoms with Crippen molar-refractivity contribution in [3.63, 3.8) is 0 Å². The molecule has 0 spiro atoms. The molecule has 0 aliphatic heterocycles. The van der Waals surface area contributed by atoms with E-state index in [9.17, 15) is 0 Å². The minimum atomic E-state index is -1.70. The fourth-order valence-electron chi connectivity index (χ4n) is 1.56. The minimum absolute atomic E-state index is 0.711. The van der Waals surface area contributed by atoms with Crippen LogP contribution in [0, 0.1) is 6.92 Å². The predicted octanol–water partition coefficient (Wildman–Crippen LogP) is 3.75. The first-order valence-corrected chi connectivity index (χ1v) is 13.1. The summed E-state index contributed by atoms with van der Waals surface area (Å²) < 4.78 is 10.7. The number of hydrogen-bond donors (Lipinski definition) is 0. The van der Waals surface area contributed by atoms with Crippen LogP contribution in [0.4, 0.5) is 0 Å². The molecule has 1 heterocycles. The topological polar surface area (TPSA) is 0 Å². The number of rotatable bonds is 1. The third kappa shape index (κ3) is 1.89. The number of thiophene rings is 1. The maximum absolute atomic E-state index is 7.92. The number of hydrogen-bond acceptors (Lipinski definition) is 1. The molecule has 0 aliphatic carbocycles. The zero-order valence-corrected chi connectivity index (χ0v) is 12.1. The van der Waals surface area contributed by atoms with Gasteiger partial charge in [0.15, 0.2) is 0 Å². The van der Waals surface area contributed by atoms with Gasteiger partial charge in [-0.2, -0.15) is 0 Å². The molecule has 0 atom stereocenters. The molecule has 2 heteroatoms. The standard InChI is InChI=1S/C12H16GeS/c1-9-7-10-5-6-11(13(2,3)4)8-12(10)14-9/h5-8H,1-4H3/i7D. The van der Waals surface area contributed by atoms with Gasteiger partial charge in [-0.3, -0.25) is 0 Å². The first kappa shape index (κ1) is 8.99. The first-order valence-electron chi connectivity index (χ1n) is 5.40. The van der Waals surface area contributed by atoms with Crippen LogP contribution in [0.15, 0.2) is 24.2 Å². The number of fused-ring (bicyclic) bond motifs is 1. The third-order valence-corrected chi connectivity index (χ3v) is 7.67. The van der Waals surface area contributed by atoms with E-state index in [0.717, 1.165) is 10.3 Å². The Morgan fingerprint density at radius 1 is 1.29 bits per heavy atom. The quantitative estimate of drug-likeness (QED) is 0.689. The molecular weight excluding hydrogens is 249 g/mol. The fourth-order valence-corrected chi connectivity index (χ4v) is 5.12. The molecule has 0 N–H and O–H groups in total. The van der Waals surface area contributed by atoms with Crippen LogP contribution in [0.25, 0.3) is 10.1 Å². The molecule has 0 amide bonds. The van der Waals surface area contributed by atoms with Crippen LogP contribution in [0.1, 0.15) is 6.25 Å². The van der Waals surface area contributed by atoms with Crippen LogP contribution in [0.2, 0.25) is 17.3 Å². The molecule has 1 aromatic carbocycles. The van der Waals surface area contributed by atoms with E-state index < -0.39 is 13.3 Å². The Hall–Kier alpha value is -0.277. The van der Waals surface area contributed by atoms with Crippen LogP contribution in [-0.4, -0.2) is 13.3 Å². The van der Waals surface area contributed by atoms with Gasteiger partial charge in [0.2, 0.25) is 0 Å². The van der Waals surface area contributed by atoms with Crippen molar-refractivity contribution < 1.29 is 1.37 Å². The summed E-state index contributed by atoms with van der Waals surface area (Å²) in [5.74, 6) is 7.22. The predicted molar refractivity (Wildman–Crippen MR) is 69.5 cm³/mol. The van der Waals surface area contributed by atoms with Crippen LogP contribution in [0.3, 0.4) is 0 Å². The molecule has 0 saturated heterocycles. The van der Waals surface area contributed by atoms with Gasteiger partial charge in [0.1, 0.15) is 0 Å². The summed E-state index contributed by atoms with van der Waals surface area (Å²) >= 11 is 0.0476. The monoisotopic (exact) mass is 267 g/mol. The van der Waals surface area contributed by atoms with E-state index in [1.165, 1.54) is 9.10 Å². The van der Waals surface area contributed by atoms with E-state index in [1.807, 2.05) is 6.92 Å². The average Bonchev–Trinajstić information content (AvgIpc) is 2.41. The van der Waals surface area contributed by atoms with Crippen molar-refractivity contribution in [2.24, 2.45) is 0 Å². The SMILES string of the molecule is [2H]c1c(C)sc2c[c]([Ge]([CH3])([CH3])[CH3])ccc12. The molecule has 0 nitrogen and oxygen atoms in total. The zero-order chi connectivity index (χ0) is 11.2. The van der Waals surface area contributed by atoms with Gasteiger partial charge in [-0.1, -0.05) is 0 Å². The summed E-state index contributed by atoms with van der Waals surface area (Å²) in [6.07, 6.45) is 0. The molecule has 1 aromatic heterocycles. The Morgan fingerprint density at radius 3 is 2.64 bits per heavy atom. The van der Waals surface area contributed by atoms with Gasteiger partial charge in [-0.05, 0) is 0 Å². The Labute approximate surface area is 93.7 Å². The van der Waals surface area contributed by atoms with E-state index in [-0.39, 0.29) is 0 Å². The number of aryl methyl sites for hydroxylation is 1. The van der Waals surface area contributed by atoms with Gasteiger partial charge in [0, 0.05) is 0 Å². The summed E-state index contributed by atoms with van der Waals surface area (Å²) in [6.45, 7) is 2.03. The molecule has 0 fully saturated rings. The van der Waals surface area contributed by atoms with Crippen molar-refractivity contribution in [1.29, 1.82) is 0 Å². The molecule has 2 aromatic rings. The second-order valence-electron chi connectivity index (χ2n) is 4.74. The Kier molecular flexibility index (Phi) is 2.17. The molecule has 0 bridgehead atoms. The van der Waals surface area contributed by atoms with E-state index in [1.54, 1.807) is 11.3 Å². The van der Waals surface area contributed by atoms with Crippen molar-refractivity contribution >= 4 is 39.1 Å². The van der Waals surface area contributed by atoms with E-state index in [4.69, 9.17) is 1.37 Å². The van der Waals surface area contributed by atoms with Crippen LogP contribution >= 0.6 is 11.3 Å². The Bertz CT molecular complexity index is 508. The molecule has 0 aliphatic rings. The van der Waals surface area contributed by atoms with Gasteiger partial charge in [-0.25, -0.2) is 0 Å². The van der Waals surface area contributed by atoms with Crippen molar-refractivity contribution in [2.45, 2.75) is 24.2 Å². The van der Waals surface area contributed by atoms with E-state index in [2.05, 4.69) is 35.5 Å². The summed E-state index contributed by atoms with van der Waals surface area (Å²) in [5, 5.41) is 1.12. The summed E-state index contributed by atoms with van der Waals surface area (Å²) in [5.41, 5.74) is 0. The first-order chi connectivity index (χ1) is 6.89. The normalized spacial score (nSPS) is 13.3. The fraction of sp³-hybridized carbons (Fsp3) is 0.333. The van der Waals surface area contributed by atoms with E-state index in [0.29, 0.717) is 6.04 Å². The summed E-state index contributed by atoms with van der Waals surface area (Å²) in [6, 6.07) is 7.38. The van der Waals surface area contributed by atoms with Crippen molar-refractivity contribution in [3.8, 4) is 0 Å². The van der Waals surface area contributed by atoms with Crippen molar-refractivity contribution in [1.82, 2.24) is 0 Å². The van der Waals surface area contributed by atoms with Crippen LogP contribution < -0.4 is 4.40 Å². The molecule has 74 valence electrons. The Balaban J connectivity index is 2.67. The second-order valence-corrected chi connectivity index (χ2v) is 16.7. The molecule has 0 radical (unpaired) electrons. The zero-order valence-electron chi connectivity index (χ0n) is 10.1. The van der Waals surface area contributed by atoms with Gasteiger partial charge in [-0.15, -0.1) is 0 Å². The summed E-state index contributed by atoms with van der Waals surface area (Å²) in [7, 11) is 0. The molecule has 14 heavy (non-hydrogen) atoms. The molecule has 0 unspecified atom stereocenters. The molecule has 2 rings (SSSR count). The van der Waals surface area contributed by atoms with Gasteiger partial charge in [0.25, 0.3) is 0 Å². The summed E-state index contributed by atoms with van der Waals surface area (Å²) in [4.78, 5) is 1.13. The third-order valence-electron chi connectivity index (χ3n) is 2.42. The molecule has 0 saturated carbocycles. The molecular formula is C12H16GeS. The van der Waals surface area contributed by atoms with Gasteiger partial charge in [0.05, 0.1) is 0 Å². The maximum atomic E-state index is 7.92. The van der Waals surface area contributed by atoms with Crippen molar-refractivity contribution in [2.75, 3.05) is 0 Å². The Morgan fingerprint density at radius 2 is 2.00 bits per heavy atom. The van der Waals surface area contributed by atoms with Crippen LogP contribution in [-0.2, 0) is 0 Å². The van der Waals surface area contributed by atoms with Crippen molar-refractivity contribution in [3.05, 3.63) is 29.1 Å². The van der Waals surface area contributed by atoms with Crippen LogP contribution in [0.5, 0.6) is 0 Å². The van der Waals surface area contributed by atoms with E-state index >= 15 is 0 Å². The van der Waals surface area contributed by atoms with Gasteiger partial charge < -0.3 is 0 Å². The average molecular weight is 266 g/mol. The second kappa shape index (κ2) is 3.39.